The Morgan fingerprint density at radius 2 is 2.16 bits per heavy atom. The second kappa shape index (κ2) is 7.51. The number of likely N-dealkylation sites (tertiary alicyclic amines) is 1. The summed E-state index contributed by atoms with van der Waals surface area (Å²) in [5.74, 6) is 0.173. The molecule has 0 bridgehead atoms. The molecule has 1 aliphatic rings. The standard InChI is InChI=1S/C19H24N4O2/c1-14(2)11-23-12-16(9-18(23)24)19(25)21-10-15-5-3-4-6-17(15)22-8-7-20-13-22/h3-8,13-14,16H,9-12H2,1-2H3,(H,21,25). The van der Waals surface area contributed by atoms with Gasteiger partial charge in [0.05, 0.1) is 17.9 Å². The lowest BCUT2D eigenvalue weighted by atomic mass is 10.1. The summed E-state index contributed by atoms with van der Waals surface area (Å²) in [6.45, 7) is 5.82. The summed E-state index contributed by atoms with van der Waals surface area (Å²) in [6.07, 6.45) is 5.64. The Bertz CT molecular complexity index is 740. The number of hydrogen-bond donors (Lipinski definition) is 1. The van der Waals surface area contributed by atoms with Crippen LogP contribution in [0.25, 0.3) is 5.69 Å². The molecule has 1 fully saturated rings. The molecular formula is C19H24N4O2. The number of benzene rings is 1. The lowest BCUT2D eigenvalue weighted by Crippen LogP contribution is -2.34. The van der Waals surface area contributed by atoms with Crippen LogP contribution in [0.1, 0.15) is 25.8 Å². The molecule has 2 amide bonds. The number of amides is 2. The average molecular weight is 340 g/mol. The molecule has 2 heterocycles. The smallest absolute Gasteiger partial charge is 0.225 e. The minimum atomic E-state index is -0.258. The van der Waals surface area contributed by atoms with E-state index in [1.807, 2.05) is 35.0 Å². The van der Waals surface area contributed by atoms with Crippen LogP contribution >= 0.6 is 0 Å². The zero-order valence-corrected chi connectivity index (χ0v) is 14.7. The Balaban J connectivity index is 1.61. The van der Waals surface area contributed by atoms with Crippen LogP contribution in [-0.2, 0) is 16.1 Å². The zero-order chi connectivity index (χ0) is 17.8. The maximum atomic E-state index is 12.5. The molecule has 0 saturated carbocycles. The highest BCUT2D eigenvalue weighted by atomic mass is 16.2. The van der Waals surface area contributed by atoms with Gasteiger partial charge in [-0.15, -0.1) is 0 Å². The van der Waals surface area contributed by atoms with E-state index in [2.05, 4.69) is 24.1 Å². The summed E-state index contributed by atoms with van der Waals surface area (Å²) in [5, 5.41) is 2.99. The van der Waals surface area contributed by atoms with Crippen LogP contribution in [-0.4, -0.2) is 39.4 Å². The molecule has 1 aliphatic heterocycles. The van der Waals surface area contributed by atoms with Gasteiger partial charge in [0, 0.05) is 38.4 Å². The third-order valence-corrected chi connectivity index (χ3v) is 4.40. The quantitative estimate of drug-likeness (QED) is 0.874. The van der Waals surface area contributed by atoms with Crippen molar-refractivity contribution >= 4 is 11.8 Å². The molecule has 0 spiro atoms. The van der Waals surface area contributed by atoms with Crippen molar-refractivity contribution in [2.24, 2.45) is 11.8 Å². The molecule has 1 atom stereocenters. The van der Waals surface area contributed by atoms with E-state index in [4.69, 9.17) is 0 Å². The van der Waals surface area contributed by atoms with Crippen LogP contribution in [0.2, 0.25) is 0 Å². The summed E-state index contributed by atoms with van der Waals surface area (Å²) < 4.78 is 1.92. The van der Waals surface area contributed by atoms with Crippen LogP contribution in [0.5, 0.6) is 0 Å². The number of aromatic nitrogens is 2. The summed E-state index contributed by atoms with van der Waals surface area (Å²) in [4.78, 5) is 30.4. The van der Waals surface area contributed by atoms with Crippen LogP contribution in [0.15, 0.2) is 43.0 Å². The zero-order valence-electron chi connectivity index (χ0n) is 14.7. The lowest BCUT2D eigenvalue weighted by molar-refractivity contribution is -0.129. The van der Waals surface area contributed by atoms with Crippen molar-refractivity contribution in [1.29, 1.82) is 0 Å². The maximum Gasteiger partial charge on any atom is 0.225 e. The molecule has 132 valence electrons. The number of nitrogens with one attached hydrogen (secondary N) is 1. The fourth-order valence-corrected chi connectivity index (χ4v) is 3.21. The van der Waals surface area contributed by atoms with Gasteiger partial charge in [0.25, 0.3) is 0 Å². The lowest BCUT2D eigenvalue weighted by Gasteiger charge is -2.18. The molecule has 6 nitrogen and oxygen atoms in total. The molecule has 1 unspecified atom stereocenters. The first kappa shape index (κ1) is 17.2. The van der Waals surface area contributed by atoms with E-state index in [1.165, 1.54) is 0 Å². The Morgan fingerprint density at radius 3 is 2.88 bits per heavy atom. The summed E-state index contributed by atoms with van der Waals surface area (Å²) in [7, 11) is 0. The number of carbonyl (C=O) groups is 2. The second-order valence-electron chi connectivity index (χ2n) is 6.91. The number of carbonyl (C=O) groups excluding carboxylic acids is 2. The van der Waals surface area contributed by atoms with Gasteiger partial charge in [-0.25, -0.2) is 4.98 Å². The van der Waals surface area contributed by atoms with Crippen LogP contribution < -0.4 is 5.32 Å². The van der Waals surface area contributed by atoms with Crippen molar-refractivity contribution in [2.75, 3.05) is 13.1 Å². The van der Waals surface area contributed by atoms with Gasteiger partial charge in [-0.05, 0) is 17.5 Å². The fraction of sp³-hybridized carbons (Fsp3) is 0.421. The highest BCUT2D eigenvalue weighted by molar-refractivity contribution is 5.89. The third kappa shape index (κ3) is 4.07. The van der Waals surface area contributed by atoms with Crippen LogP contribution in [0, 0.1) is 11.8 Å². The normalized spacial score (nSPS) is 17.3. The highest BCUT2D eigenvalue weighted by Gasteiger charge is 2.34. The molecule has 0 aliphatic carbocycles. The minimum absolute atomic E-state index is 0.0555. The Kier molecular flexibility index (Phi) is 5.16. The monoisotopic (exact) mass is 340 g/mol. The Morgan fingerprint density at radius 1 is 1.36 bits per heavy atom. The van der Waals surface area contributed by atoms with E-state index in [0.29, 0.717) is 32.0 Å². The average Bonchev–Trinajstić information content (AvgIpc) is 3.23. The first-order chi connectivity index (χ1) is 12.0. The van der Waals surface area contributed by atoms with Gasteiger partial charge < -0.3 is 14.8 Å². The van der Waals surface area contributed by atoms with Gasteiger partial charge in [-0.1, -0.05) is 32.0 Å². The SMILES string of the molecule is CC(C)CN1CC(C(=O)NCc2ccccc2-n2ccnc2)CC1=O. The number of para-hydroxylation sites is 1. The van der Waals surface area contributed by atoms with Crippen LogP contribution in [0.3, 0.4) is 0 Å². The van der Waals surface area contributed by atoms with Gasteiger partial charge >= 0.3 is 0 Å². The molecule has 3 rings (SSSR count). The van der Waals surface area contributed by atoms with Crippen molar-refractivity contribution in [3.05, 3.63) is 48.5 Å². The predicted octanol–water partition coefficient (Wildman–Crippen LogP) is 1.99. The first-order valence-corrected chi connectivity index (χ1v) is 8.66. The molecule has 1 aromatic heterocycles. The molecule has 25 heavy (non-hydrogen) atoms. The Hall–Kier alpha value is -2.63. The number of hydrogen-bond acceptors (Lipinski definition) is 3. The molecule has 1 N–H and O–H groups in total. The van der Waals surface area contributed by atoms with Gasteiger partial charge in [0.2, 0.25) is 11.8 Å². The molecule has 0 radical (unpaired) electrons. The number of imidazole rings is 1. The molecule has 2 aromatic rings. The van der Waals surface area contributed by atoms with Gasteiger partial charge in [0.1, 0.15) is 0 Å². The topological polar surface area (TPSA) is 67.2 Å². The fourth-order valence-electron chi connectivity index (χ4n) is 3.21. The van der Waals surface area contributed by atoms with E-state index in [1.54, 1.807) is 17.4 Å². The second-order valence-corrected chi connectivity index (χ2v) is 6.91. The first-order valence-electron chi connectivity index (χ1n) is 8.66. The van der Waals surface area contributed by atoms with E-state index in [-0.39, 0.29) is 17.7 Å². The molecule has 1 aromatic carbocycles. The van der Waals surface area contributed by atoms with Gasteiger partial charge in [0.15, 0.2) is 0 Å². The third-order valence-electron chi connectivity index (χ3n) is 4.40. The predicted molar refractivity (Wildman–Crippen MR) is 94.9 cm³/mol. The van der Waals surface area contributed by atoms with Crippen molar-refractivity contribution in [1.82, 2.24) is 19.8 Å². The van der Waals surface area contributed by atoms with Crippen LogP contribution in [0.4, 0.5) is 0 Å². The van der Waals surface area contributed by atoms with E-state index in [0.717, 1.165) is 11.3 Å². The van der Waals surface area contributed by atoms with Crippen molar-refractivity contribution in [2.45, 2.75) is 26.8 Å². The summed E-state index contributed by atoms with van der Waals surface area (Å²) >= 11 is 0. The number of nitrogens with zero attached hydrogens (tertiary/aromatic N) is 3. The maximum absolute atomic E-state index is 12.5. The molecule has 1 saturated heterocycles. The van der Waals surface area contributed by atoms with Crippen molar-refractivity contribution < 1.29 is 9.59 Å². The largest absolute Gasteiger partial charge is 0.352 e. The Labute approximate surface area is 147 Å². The van der Waals surface area contributed by atoms with Gasteiger partial charge in [-0.3, -0.25) is 9.59 Å². The summed E-state index contributed by atoms with van der Waals surface area (Å²) in [6, 6.07) is 7.89. The molecule has 6 heteroatoms. The molecular weight excluding hydrogens is 316 g/mol. The van der Waals surface area contributed by atoms with Crippen molar-refractivity contribution in [3.8, 4) is 5.69 Å². The van der Waals surface area contributed by atoms with E-state index < -0.39 is 0 Å². The van der Waals surface area contributed by atoms with E-state index >= 15 is 0 Å². The van der Waals surface area contributed by atoms with Crippen molar-refractivity contribution in [3.63, 3.8) is 0 Å². The highest BCUT2D eigenvalue weighted by Crippen LogP contribution is 2.20. The summed E-state index contributed by atoms with van der Waals surface area (Å²) in [5.41, 5.74) is 2.00. The van der Waals surface area contributed by atoms with Gasteiger partial charge in [-0.2, -0.15) is 0 Å². The number of rotatable bonds is 6. The van der Waals surface area contributed by atoms with E-state index in [9.17, 15) is 9.59 Å². The minimum Gasteiger partial charge on any atom is -0.352 e.